The second-order valence-electron chi connectivity index (χ2n) is 3.50. The van der Waals surface area contributed by atoms with Crippen LogP contribution >= 0.6 is 11.6 Å². The van der Waals surface area contributed by atoms with Crippen molar-refractivity contribution in [3.05, 3.63) is 34.4 Å². The summed E-state index contributed by atoms with van der Waals surface area (Å²) in [4.78, 5) is 8.08. The summed E-state index contributed by atoms with van der Waals surface area (Å²) >= 11 is 5.69. The SMILES string of the molecule is Cc1[nH]nc(CNc2ncc(Cl)cn2)c1C. The first kappa shape index (κ1) is 10.9. The van der Waals surface area contributed by atoms with E-state index in [4.69, 9.17) is 11.6 Å². The smallest absolute Gasteiger partial charge is 0.223 e. The second kappa shape index (κ2) is 4.49. The highest BCUT2D eigenvalue weighted by atomic mass is 35.5. The number of hydrogen-bond donors (Lipinski definition) is 2. The summed E-state index contributed by atoms with van der Waals surface area (Å²) in [5.41, 5.74) is 3.20. The summed E-state index contributed by atoms with van der Waals surface area (Å²) in [7, 11) is 0. The van der Waals surface area contributed by atoms with Crippen LogP contribution in [-0.2, 0) is 6.54 Å². The van der Waals surface area contributed by atoms with Gasteiger partial charge in [-0.15, -0.1) is 0 Å². The highest BCUT2D eigenvalue weighted by molar-refractivity contribution is 6.30. The van der Waals surface area contributed by atoms with E-state index in [-0.39, 0.29) is 0 Å². The zero-order valence-corrected chi connectivity index (χ0v) is 9.84. The summed E-state index contributed by atoms with van der Waals surface area (Å²) < 4.78 is 0. The average Bonchev–Trinajstić information content (AvgIpc) is 2.60. The summed E-state index contributed by atoms with van der Waals surface area (Å²) in [5.74, 6) is 0.546. The molecule has 0 atom stereocenters. The van der Waals surface area contributed by atoms with Gasteiger partial charge in [-0.3, -0.25) is 5.10 Å². The molecule has 0 saturated heterocycles. The molecule has 0 amide bonds. The van der Waals surface area contributed by atoms with Gasteiger partial charge >= 0.3 is 0 Å². The van der Waals surface area contributed by atoms with Crippen molar-refractivity contribution in [2.45, 2.75) is 20.4 Å². The van der Waals surface area contributed by atoms with Gasteiger partial charge in [-0.1, -0.05) is 11.6 Å². The predicted molar refractivity (Wildman–Crippen MR) is 62.4 cm³/mol. The Hall–Kier alpha value is -1.62. The van der Waals surface area contributed by atoms with Crippen molar-refractivity contribution in [2.24, 2.45) is 0 Å². The highest BCUT2D eigenvalue weighted by Gasteiger charge is 2.05. The topological polar surface area (TPSA) is 66.5 Å². The maximum Gasteiger partial charge on any atom is 0.223 e. The largest absolute Gasteiger partial charge is 0.348 e. The molecule has 0 spiro atoms. The van der Waals surface area contributed by atoms with Gasteiger partial charge in [0, 0.05) is 5.69 Å². The van der Waals surface area contributed by atoms with E-state index >= 15 is 0 Å². The summed E-state index contributed by atoms with van der Waals surface area (Å²) in [5, 5.41) is 10.7. The van der Waals surface area contributed by atoms with E-state index in [1.807, 2.05) is 13.8 Å². The van der Waals surface area contributed by atoms with Crippen LogP contribution in [0.5, 0.6) is 0 Å². The van der Waals surface area contributed by atoms with Crippen molar-refractivity contribution < 1.29 is 0 Å². The van der Waals surface area contributed by atoms with Crippen molar-refractivity contribution in [3.63, 3.8) is 0 Å². The maximum absolute atomic E-state index is 5.69. The van der Waals surface area contributed by atoms with Crippen LogP contribution in [0.4, 0.5) is 5.95 Å². The number of nitrogens with one attached hydrogen (secondary N) is 2. The first-order chi connectivity index (χ1) is 7.66. The number of aryl methyl sites for hydroxylation is 1. The van der Waals surface area contributed by atoms with Gasteiger partial charge in [0.2, 0.25) is 5.95 Å². The molecule has 6 heteroatoms. The lowest BCUT2D eigenvalue weighted by molar-refractivity contribution is 0.949. The molecule has 0 fully saturated rings. The molecule has 2 heterocycles. The van der Waals surface area contributed by atoms with E-state index in [0.29, 0.717) is 17.5 Å². The predicted octanol–water partition coefficient (Wildman–Crippen LogP) is 2.08. The minimum atomic E-state index is 0.525. The van der Waals surface area contributed by atoms with Crippen molar-refractivity contribution in [2.75, 3.05) is 5.32 Å². The fourth-order valence-electron chi connectivity index (χ4n) is 1.27. The van der Waals surface area contributed by atoms with E-state index in [1.54, 1.807) is 12.4 Å². The third kappa shape index (κ3) is 2.30. The zero-order chi connectivity index (χ0) is 11.5. The third-order valence-corrected chi connectivity index (χ3v) is 2.58. The number of aromatic amines is 1. The molecule has 2 aromatic rings. The van der Waals surface area contributed by atoms with Gasteiger partial charge in [0.05, 0.1) is 29.7 Å². The Kier molecular flexibility index (Phi) is 3.05. The van der Waals surface area contributed by atoms with E-state index in [9.17, 15) is 0 Å². The lowest BCUT2D eigenvalue weighted by atomic mass is 10.2. The monoisotopic (exact) mass is 237 g/mol. The van der Waals surface area contributed by atoms with Gasteiger partial charge in [-0.25, -0.2) is 9.97 Å². The van der Waals surface area contributed by atoms with Crippen molar-refractivity contribution >= 4 is 17.5 Å². The van der Waals surface area contributed by atoms with Crippen LogP contribution < -0.4 is 5.32 Å². The Morgan fingerprint density at radius 2 is 2.00 bits per heavy atom. The van der Waals surface area contributed by atoms with Crippen molar-refractivity contribution in [1.82, 2.24) is 20.2 Å². The van der Waals surface area contributed by atoms with Crippen LogP contribution in [0.2, 0.25) is 5.02 Å². The van der Waals surface area contributed by atoms with Crippen LogP contribution in [0, 0.1) is 13.8 Å². The van der Waals surface area contributed by atoms with E-state index in [2.05, 4.69) is 25.5 Å². The van der Waals surface area contributed by atoms with Gasteiger partial charge in [0.1, 0.15) is 0 Å². The minimum absolute atomic E-state index is 0.525. The first-order valence-electron chi connectivity index (χ1n) is 4.88. The number of H-pyrrole nitrogens is 1. The lowest BCUT2D eigenvalue weighted by Crippen LogP contribution is -2.04. The Balaban J connectivity index is 2.02. The molecule has 0 aliphatic rings. The number of hydrogen-bond acceptors (Lipinski definition) is 4. The molecule has 0 radical (unpaired) electrons. The zero-order valence-electron chi connectivity index (χ0n) is 9.08. The molecule has 0 aliphatic carbocycles. The van der Waals surface area contributed by atoms with Gasteiger partial charge in [-0.05, 0) is 19.4 Å². The van der Waals surface area contributed by atoms with Crippen LogP contribution in [0.1, 0.15) is 17.0 Å². The molecule has 2 rings (SSSR count). The Labute approximate surface area is 98.3 Å². The molecule has 0 aromatic carbocycles. The number of rotatable bonds is 3. The van der Waals surface area contributed by atoms with Crippen molar-refractivity contribution in [3.8, 4) is 0 Å². The molecule has 84 valence electrons. The van der Waals surface area contributed by atoms with E-state index < -0.39 is 0 Å². The third-order valence-electron chi connectivity index (χ3n) is 2.39. The molecule has 5 nitrogen and oxygen atoms in total. The highest BCUT2D eigenvalue weighted by Crippen LogP contribution is 2.10. The van der Waals surface area contributed by atoms with Crippen molar-refractivity contribution in [1.29, 1.82) is 0 Å². The van der Waals surface area contributed by atoms with Crippen LogP contribution in [0.3, 0.4) is 0 Å². The molecule has 2 N–H and O–H groups in total. The lowest BCUT2D eigenvalue weighted by Gasteiger charge is -2.02. The van der Waals surface area contributed by atoms with E-state index in [1.165, 1.54) is 0 Å². The van der Waals surface area contributed by atoms with Gasteiger partial charge in [0.15, 0.2) is 0 Å². The number of nitrogens with zero attached hydrogens (tertiary/aromatic N) is 3. The minimum Gasteiger partial charge on any atom is -0.348 e. The maximum atomic E-state index is 5.69. The fraction of sp³-hybridized carbons (Fsp3) is 0.300. The Bertz CT molecular complexity index is 476. The quantitative estimate of drug-likeness (QED) is 0.858. The molecule has 0 saturated carbocycles. The van der Waals surface area contributed by atoms with Crippen LogP contribution in [0.15, 0.2) is 12.4 Å². The number of aromatic nitrogens is 4. The van der Waals surface area contributed by atoms with Gasteiger partial charge < -0.3 is 5.32 Å². The van der Waals surface area contributed by atoms with E-state index in [0.717, 1.165) is 17.0 Å². The normalized spacial score (nSPS) is 10.4. The summed E-state index contributed by atoms with van der Waals surface area (Å²) in [6.07, 6.45) is 3.11. The number of halogens is 1. The molecular weight excluding hydrogens is 226 g/mol. The molecule has 0 bridgehead atoms. The molecule has 0 unspecified atom stereocenters. The second-order valence-corrected chi connectivity index (χ2v) is 3.94. The van der Waals surface area contributed by atoms with Crippen LogP contribution in [0.25, 0.3) is 0 Å². The average molecular weight is 238 g/mol. The Morgan fingerprint density at radius 3 is 2.56 bits per heavy atom. The fourth-order valence-corrected chi connectivity index (χ4v) is 1.37. The molecule has 16 heavy (non-hydrogen) atoms. The van der Waals surface area contributed by atoms with Crippen LogP contribution in [-0.4, -0.2) is 20.2 Å². The summed E-state index contributed by atoms with van der Waals surface area (Å²) in [6.45, 7) is 4.61. The first-order valence-corrected chi connectivity index (χ1v) is 5.26. The Morgan fingerprint density at radius 1 is 1.31 bits per heavy atom. The van der Waals surface area contributed by atoms with Gasteiger partial charge in [-0.2, -0.15) is 5.10 Å². The standard InChI is InChI=1S/C10H12ClN5/c1-6-7(2)15-16-9(6)5-14-10-12-3-8(11)4-13-10/h3-4H,5H2,1-2H3,(H,15,16)(H,12,13,14). The molecular formula is C10H12ClN5. The number of anilines is 1. The molecule has 2 aromatic heterocycles. The summed E-state index contributed by atoms with van der Waals surface area (Å²) in [6, 6.07) is 0. The van der Waals surface area contributed by atoms with Gasteiger partial charge in [0.25, 0.3) is 0 Å². The molecule has 0 aliphatic heterocycles.